The lowest BCUT2D eigenvalue weighted by Gasteiger charge is -2.12. The van der Waals surface area contributed by atoms with Gasteiger partial charge in [0, 0.05) is 16.7 Å². The Bertz CT molecular complexity index is 537. The zero-order chi connectivity index (χ0) is 13.8. The number of hydrogen-bond donors (Lipinski definition) is 1. The van der Waals surface area contributed by atoms with Crippen LogP contribution in [0.3, 0.4) is 0 Å². The van der Waals surface area contributed by atoms with Crippen LogP contribution >= 0.6 is 11.8 Å². The zero-order valence-corrected chi connectivity index (χ0v) is 12.2. The number of rotatable bonds is 6. The maximum atomic E-state index is 6.24. The highest BCUT2D eigenvalue weighted by molar-refractivity contribution is 7.99. The molecule has 0 radical (unpaired) electrons. The van der Waals surface area contributed by atoms with Crippen LogP contribution in [0, 0.1) is 0 Å². The van der Waals surface area contributed by atoms with Gasteiger partial charge in [-0.1, -0.05) is 30.3 Å². The third-order valence-corrected chi connectivity index (χ3v) is 4.44. The van der Waals surface area contributed by atoms with Gasteiger partial charge in [0.15, 0.2) is 0 Å². The molecule has 3 heteroatoms. The molecule has 1 unspecified atom stereocenters. The van der Waals surface area contributed by atoms with Crippen LogP contribution in [0.15, 0.2) is 59.5 Å². The van der Waals surface area contributed by atoms with E-state index >= 15 is 0 Å². The largest absolute Gasteiger partial charge is 0.490 e. The first-order chi connectivity index (χ1) is 9.81. The van der Waals surface area contributed by atoms with Crippen LogP contribution in [0.2, 0.25) is 0 Å². The van der Waals surface area contributed by atoms with Crippen LogP contribution < -0.4 is 10.5 Å². The first-order valence-electron chi connectivity index (χ1n) is 7.01. The van der Waals surface area contributed by atoms with Crippen molar-refractivity contribution in [1.29, 1.82) is 0 Å². The second-order valence-electron chi connectivity index (χ2n) is 5.12. The molecule has 104 valence electrons. The van der Waals surface area contributed by atoms with Crippen LogP contribution in [0.4, 0.5) is 0 Å². The van der Waals surface area contributed by atoms with Crippen molar-refractivity contribution in [2.24, 2.45) is 5.73 Å². The van der Waals surface area contributed by atoms with Gasteiger partial charge in [-0.25, -0.2) is 0 Å². The Morgan fingerprint density at radius 3 is 2.40 bits per heavy atom. The fraction of sp³-hybridized carbons (Fsp3) is 0.294. The molecule has 0 spiro atoms. The van der Waals surface area contributed by atoms with E-state index < -0.39 is 0 Å². The van der Waals surface area contributed by atoms with Crippen molar-refractivity contribution in [1.82, 2.24) is 0 Å². The third-order valence-electron chi connectivity index (χ3n) is 3.31. The maximum absolute atomic E-state index is 6.24. The van der Waals surface area contributed by atoms with E-state index in [1.54, 1.807) is 11.8 Å². The van der Waals surface area contributed by atoms with Gasteiger partial charge in [-0.3, -0.25) is 0 Å². The number of thioether (sulfide) groups is 1. The molecule has 0 heterocycles. The lowest BCUT2D eigenvalue weighted by atomic mass is 10.1. The van der Waals surface area contributed by atoms with E-state index in [0.29, 0.717) is 6.10 Å². The summed E-state index contributed by atoms with van der Waals surface area (Å²) in [5.41, 5.74) is 7.41. The highest BCUT2D eigenvalue weighted by atomic mass is 32.2. The summed E-state index contributed by atoms with van der Waals surface area (Å²) in [7, 11) is 0. The molecule has 1 aliphatic carbocycles. The molecule has 2 aromatic carbocycles. The molecule has 2 N–H and O–H groups in total. The monoisotopic (exact) mass is 285 g/mol. The maximum Gasteiger partial charge on any atom is 0.119 e. The van der Waals surface area contributed by atoms with E-state index in [-0.39, 0.29) is 6.04 Å². The summed E-state index contributed by atoms with van der Waals surface area (Å²) in [5, 5.41) is 0. The van der Waals surface area contributed by atoms with Gasteiger partial charge in [0.1, 0.15) is 5.75 Å². The molecule has 0 aliphatic heterocycles. The van der Waals surface area contributed by atoms with Crippen LogP contribution in [-0.4, -0.2) is 11.9 Å². The summed E-state index contributed by atoms with van der Waals surface area (Å²) in [6.45, 7) is 0. The second kappa shape index (κ2) is 6.33. The minimum atomic E-state index is 0.0511. The van der Waals surface area contributed by atoms with Crippen molar-refractivity contribution >= 4 is 11.8 Å². The number of benzene rings is 2. The van der Waals surface area contributed by atoms with Crippen molar-refractivity contribution in [2.75, 3.05) is 5.75 Å². The molecule has 1 saturated carbocycles. The molecule has 1 atom stereocenters. The van der Waals surface area contributed by atoms with E-state index in [1.165, 1.54) is 17.7 Å². The van der Waals surface area contributed by atoms with Gasteiger partial charge in [0.05, 0.1) is 6.10 Å². The highest BCUT2D eigenvalue weighted by Crippen LogP contribution is 2.28. The molecule has 2 aromatic rings. The normalized spacial score (nSPS) is 15.8. The Labute approximate surface area is 124 Å². The summed E-state index contributed by atoms with van der Waals surface area (Å²) in [5.74, 6) is 1.84. The van der Waals surface area contributed by atoms with Crippen molar-refractivity contribution in [3.63, 3.8) is 0 Å². The molecule has 0 amide bonds. The fourth-order valence-corrected chi connectivity index (χ4v) is 2.88. The molecular weight excluding hydrogens is 266 g/mol. The molecule has 0 bridgehead atoms. The fourth-order valence-electron chi connectivity index (χ4n) is 1.97. The molecule has 3 rings (SSSR count). The van der Waals surface area contributed by atoms with Crippen molar-refractivity contribution < 1.29 is 4.74 Å². The topological polar surface area (TPSA) is 35.2 Å². The smallest absolute Gasteiger partial charge is 0.119 e. The van der Waals surface area contributed by atoms with Gasteiger partial charge in [-0.05, 0) is 42.7 Å². The average Bonchev–Trinajstić information content (AvgIpc) is 3.31. The Hall–Kier alpha value is -1.45. The third kappa shape index (κ3) is 3.78. The van der Waals surface area contributed by atoms with Gasteiger partial charge in [-0.15, -0.1) is 11.8 Å². The second-order valence-corrected chi connectivity index (χ2v) is 6.21. The summed E-state index contributed by atoms with van der Waals surface area (Å²) in [6, 6.07) is 18.6. The summed E-state index contributed by atoms with van der Waals surface area (Å²) in [4.78, 5) is 1.26. The lowest BCUT2D eigenvalue weighted by Crippen LogP contribution is -2.12. The molecule has 0 aromatic heterocycles. The number of hydrogen-bond acceptors (Lipinski definition) is 3. The predicted octanol–water partition coefficient (Wildman–Crippen LogP) is 4.02. The Kier molecular flexibility index (Phi) is 4.28. The van der Waals surface area contributed by atoms with Crippen molar-refractivity contribution in [3.8, 4) is 5.75 Å². The van der Waals surface area contributed by atoms with E-state index in [2.05, 4.69) is 36.4 Å². The van der Waals surface area contributed by atoms with Gasteiger partial charge in [0.2, 0.25) is 0 Å². The first-order valence-corrected chi connectivity index (χ1v) is 8.00. The standard InChI is InChI=1S/C17H19NOS/c18-17(12-20-16-4-2-1-3-5-16)13-6-8-14(9-7-13)19-15-10-11-15/h1-9,15,17H,10-12,18H2. The van der Waals surface area contributed by atoms with E-state index in [0.717, 1.165) is 17.1 Å². The van der Waals surface area contributed by atoms with E-state index in [4.69, 9.17) is 10.5 Å². The van der Waals surface area contributed by atoms with E-state index in [9.17, 15) is 0 Å². The summed E-state index contributed by atoms with van der Waals surface area (Å²) < 4.78 is 5.74. The van der Waals surface area contributed by atoms with Gasteiger partial charge < -0.3 is 10.5 Å². The molecule has 1 fully saturated rings. The average molecular weight is 285 g/mol. The number of ether oxygens (including phenoxy) is 1. The molecule has 0 saturated heterocycles. The molecule has 2 nitrogen and oxygen atoms in total. The van der Waals surface area contributed by atoms with Crippen molar-refractivity contribution in [3.05, 3.63) is 60.2 Å². The predicted molar refractivity (Wildman–Crippen MR) is 84.2 cm³/mol. The quantitative estimate of drug-likeness (QED) is 0.814. The van der Waals surface area contributed by atoms with Crippen LogP contribution in [0.5, 0.6) is 5.75 Å². The molecule has 1 aliphatic rings. The highest BCUT2D eigenvalue weighted by Gasteiger charge is 2.23. The molecular formula is C17H19NOS. The first kappa shape index (κ1) is 13.5. The Morgan fingerprint density at radius 1 is 1.05 bits per heavy atom. The van der Waals surface area contributed by atoms with E-state index in [1.807, 2.05) is 18.2 Å². The summed E-state index contributed by atoms with van der Waals surface area (Å²) in [6.07, 6.45) is 2.83. The Balaban J connectivity index is 1.54. The SMILES string of the molecule is NC(CSc1ccccc1)c1ccc(OC2CC2)cc1. The Morgan fingerprint density at radius 2 is 1.75 bits per heavy atom. The lowest BCUT2D eigenvalue weighted by molar-refractivity contribution is 0.303. The number of nitrogens with two attached hydrogens (primary N) is 1. The summed E-state index contributed by atoms with van der Waals surface area (Å²) >= 11 is 1.79. The van der Waals surface area contributed by atoms with Gasteiger partial charge in [-0.2, -0.15) is 0 Å². The van der Waals surface area contributed by atoms with Crippen molar-refractivity contribution in [2.45, 2.75) is 29.9 Å². The van der Waals surface area contributed by atoms with Crippen LogP contribution in [0.1, 0.15) is 24.4 Å². The molecule has 20 heavy (non-hydrogen) atoms. The van der Waals surface area contributed by atoms with Gasteiger partial charge in [0.25, 0.3) is 0 Å². The van der Waals surface area contributed by atoms with Gasteiger partial charge >= 0.3 is 0 Å². The van der Waals surface area contributed by atoms with Crippen LogP contribution in [-0.2, 0) is 0 Å². The van der Waals surface area contributed by atoms with Crippen LogP contribution in [0.25, 0.3) is 0 Å². The minimum absolute atomic E-state index is 0.0511. The zero-order valence-electron chi connectivity index (χ0n) is 11.4. The minimum Gasteiger partial charge on any atom is -0.490 e.